The van der Waals surface area contributed by atoms with E-state index in [1.54, 1.807) is 0 Å². The lowest BCUT2D eigenvalue weighted by Crippen LogP contribution is -2.69. The Bertz CT molecular complexity index is 300. The van der Waals surface area contributed by atoms with Crippen LogP contribution in [0.2, 0.25) is 0 Å². The summed E-state index contributed by atoms with van der Waals surface area (Å²) in [5.41, 5.74) is 0.733. The van der Waals surface area contributed by atoms with Gasteiger partial charge in [-0.3, -0.25) is 4.90 Å². The van der Waals surface area contributed by atoms with Crippen LogP contribution < -0.4 is 5.32 Å². The molecule has 2 fully saturated rings. The maximum absolute atomic E-state index is 3.89. The van der Waals surface area contributed by atoms with E-state index in [1.807, 2.05) is 0 Å². The molecule has 0 aromatic rings. The molecular formula is C17H34N2. The van der Waals surface area contributed by atoms with Crippen molar-refractivity contribution in [3.8, 4) is 0 Å². The molecule has 2 heteroatoms. The average molecular weight is 266 g/mol. The third-order valence-corrected chi connectivity index (χ3v) is 5.71. The molecular weight excluding hydrogens is 232 g/mol. The van der Waals surface area contributed by atoms with Crippen LogP contribution in [-0.4, -0.2) is 35.6 Å². The minimum absolute atomic E-state index is 0.358. The first-order chi connectivity index (χ1) is 8.93. The molecule has 3 unspecified atom stereocenters. The molecule has 2 aliphatic rings. The van der Waals surface area contributed by atoms with Crippen LogP contribution in [-0.2, 0) is 0 Å². The highest BCUT2D eigenvalue weighted by Gasteiger charge is 2.48. The first kappa shape index (κ1) is 15.3. The van der Waals surface area contributed by atoms with Gasteiger partial charge < -0.3 is 5.32 Å². The van der Waals surface area contributed by atoms with Crippen molar-refractivity contribution in [2.24, 2.45) is 11.8 Å². The quantitative estimate of drug-likeness (QED) is 0.789. The largest absolute Gasteiger partial charge is 0.308 e. The average Bonchev–Trinajstić information content (AvgIpc) is 3.19. The Morgan fingerprint density at radius 3 is 2.47 bits per heavy atom. The van der Waals surface area contributed by atoms with Crippen LogP contribution in [0.4, 0.5) is 0 Å². The SMILES string of the molecule is CCCC(C)CN1CC(C)(C2CC2)NCC1(C)CC. The molecule has 0 aromatic heterocycles. The second kappa shape index (κ2) is 5.73. The molecule has 1 heterocycles. The van der Waals surface area contributed by atoms with Gasteiger partial charge >= 0.3 is 0 Å². The van der Waals surface area contributed by atoms with Gasteiger partial charge in [0.2, 0.25) is 0 Å². The number of piperazine rings is 1. The normalized spacial score (nSPS) is 38.4. The lowest BCUT2D eigenvalue weighted by atomic mass is 9.83. The van der Waals surface area contributed by atoms with Gasteiger partial charge in [0.05, 0.1) is 0 Å². The zero-order valence-electron chi connectivity index (χ0n) is 13.8. The van der Waals surface area contributed by atoms with E-state index in [2.05, 4.69) is 44.8 Å². The Balaban J connectivity index is 2.04. The first-order valence-corrected chi connectivity index (χ1v) is 8.43. The fraction of sp³-hybridized carbons (Fsp3) is 1.00. The lowest BCUT2D eigenvalue weighted by molar-refractivity contribution is 0.000483. The van der Waals surface area contributed by atoms with Gasteiger partial charge in [-0.1, -0.05) is 27.2 Å². The minimum atomic E-state index is 0.358. The topological polar surface area (TPSA) is 15.3 Å². The number of rotatable bonds is 6. The molecule has 1 aliphatic heterocycles. The molecule has 2 rings (SSSR count). The summed E-state index contributed by atoms with van der Waals surface area (Å²) in [5.74, 6) is 1.76. The van der Waals surface area contributed by atoms with E-state index in [0.717, 1.165) is 18.4 Å². The first-order valence-electron chi connectivity index (χ1n) is 8.43. The van der Waals surface area contributed by atoms with Gasteiger partial charge in [0.1, 0.15) is 0 Å². The number of hydrogen-bond donors (Lipinski definition) is 1. The Morgan fingerprint density at radius 1 is 1.26 bits per heavy atom. The molecule has 1 N–H and O–H groups in total. The molecule has 19 heavy (non-hydrogen) atoms. The number of nitrogens with one attached hydrogen (secondary N) is 1. The third-order valence-electron chi connectivity index (χ3n) is 5.71. The van der Waals surface area contributed by atoms with Gasteiger partial charge in [-0.25, -0.2) is 0 Å². The van der Waals surface area contributed by atoms with Crippen molar-refractivity contribution in [1.82, 2.24) is 10.2 Å². The van der Waals surface area contributed by atoms with E-state index >= 15 is 0 Å². The maximum Gasteiger partial charge on any atom is 0.0309 e. The minimum Gasteiger partial charge on any atom is -0.308 e. The van der Waals surface area contributed by atoms with E-state index in [9.17, 15) is 0 Å². The third kappa shape index (κ3) is 3.33. The van der Waals surface area contributed by atoms with Crippen molar-refractivity contribution in [2.75, 3.05) is 19.6 Å². The molecule has 3 atom stereocenters. The van der Waals surface area contributed by atoms with Gasteiger partial charge in [-0.15, -0.1) is 0 Å². The van der Waals surface area contributed by atoms with E-state index in [-0.39, 0.29) is 0 Å². The van der Waals surface area contributed by atoms with Crippen molar-refractivity contribution in [1.29, 1.82) is 0 Å². The molecule has 0 aromatic carbocycles. The summed E-state index contributed by atoms with van der Waals surface area (Å²) in [5, 5.41) is 3.89. The van der Waals surface area contributed by atoms with Gasteiger partial charge in [-0.05, 0) is 51.4 Å². The highest BCUT2D eigenvalue weighted by atomic mass is 15.3. The van der Waals surface area contributed by atoms with E-state index in [4.69, 9.17) is 0 Å². The molecule has 0 spiro atoms. The van der Waals surface area contributed by atoms with Gasteiger partial charge in [0, 0.05) is 30.7 Å². The van der Waals surface area contributed by atoms with Crippen LogP contribution in [0.1, 0.15) is 66.7 Å². The van der Waals surface area contributed by atoms with Crippen LogP contribution in [0, 0.1) is 11.8 Å². The summed E-state index contributed by atoms with van der Waals surface area (Å²) in [6, 6.07) is 0. The number of nitrogens with zero attached hydrogens (tertiary/aromatic N) is 1. The molecule has 0 radical (unpaired) electrons. The fourth-order valence-electron chi connectivity index (χ4n) is 3.74. The Labute approximate surface area is 120 Å². The van der Waals surface area contributed by atoms with Gasteiger partial charge in [-0.2, -0.15) is 0 Å². The summed E-state index contributed by atoms with van der Waals surface area (Å²) >= 11 is 0. The zero-order chi connectivity index (χ0) is 14.1. The van der Waals surface area contributed by atoms with Crippen molar-refractivity contribution in [2.45, 2.75) is 77.8 Å². The van der Waals surface area contributed by atoms with E-state index in [1.165, 1.54) is 45.2 Å². The molecule has 1 saturated carbocycles. The summed E-state index contributed by atoms with van der Waals surface area (Å²) in [6.45, 7) is 15.7. The smallest absolute Gasteiger partial charge is 0.0309 e. The standard InChI is InChI=1S/C17H34N2/c1-6-8-14(3)11-19-13-17(5,15-9-10-15)18-12-16(19,4)7-2/h14-15,18H,6-13H2,1-5H3. The summed E-state index contributed by atoms with van der Waals surface area (Å²) in [7, 11) is 0. The van der Waals surface area contributed by atoms with Crippen molar-refractivity contribution >= 4 is 0 Å². The fourth-order valence-corrected chi connectivity index (χ4v) is 3.74. The second-order valence-electron chi connectivity index (χ2n) is 7.67. The summed E-state index contributed by atoms with van der Waals surface area (Å²) < 4.78 is 0. The van der Waals surface area contributed by atoms with Gasteiger partial charge in [0.25, 0.3) is 0 Å². The molecule has 0 amide bonds. The molecule has 2 nitrogen and oxygen atoms in total. The number of hydrogen-bond acceptors (Lipinski definition) is 2. The predicted molar refractivity (Wildman–Crippen MR) is 83.5 cm³/mol. The van der Waals surface area contributed by atoms with Crippen LogP contribution in [0.5, 0.6) is 0 Å². The Kier molecular flexibility index (Phi) is 4.62. The monoisotopic (exact) mass is 266 g/mol. The second-order valence-corrected chi connectivity index (χ2v) is 7.67. The summed E-state index contributed by atoms with van der Waals surface area (Å²) in [4.78, 5) is 2.81. The van der Waals surface area contributed by atoms with Gasteiger partial charge in [0.15, 0.2) is 0 Å². The van der Waals surface area contributed by atoms with Crippen molar-refractivity contribution in [3.63, 3.8) is 0 Å². The maximum atomic E-state index is 3.89. The van der Waals surface area contributed by atoms with Crippen molar-refractivity contribution < 1.29 is 0 Å². The Morgan fingerprint density at radius 2 is 1.95 bits per heavy atom. The molecule has 0 bridgehead atoms. The van der Waals surface area contributed by atoms with E-state index < -0.39 is 0 Å². The molecule has 112 valence electrons. The van der Waals surface area contributed by atoms with E-state index in [0.29, 0.717) is 11.1 Å². The Hall–Kier alpha value is -0.0800. The lowest BCUT2D eigenvalue weighted by Gasteiger charge is -2.53. The predicted octanol–water partition coefficient (Wildman–Crippen LogP) is 3.67. The van der Waals surface area contributed by atoms with Crippen LogP contribution >= 0.6 is 0 Å². The highest BCUT2D eigenvalue weighted by Crippen LogP contribution is 2.43. The van der Waals surface area contributed by atoms with Crippen LogP contribution in [0.25, 0.3) is 0 Å². The zero-order valence-corrected chi connectivity index (χ0v) is 13.8. The van der Waals surface area contributed by atoms with Crippen molar-refractivity contribution in [3.05, 3.63) is 0 Å². The highest BCUT2D eigenvalue weighted by molar-refractivity contribution is 5.07. The van der Waals surface area contributed by atoms with Crippen LogP contribution in [0.3, 0.4) is 0 Å². The van der Waals surface area contributed by atoms with Crippen LogP contribution in [0.15, 0.2) is 0 Å². The molecule has 1 saturated heterocycles. The molecule has 1 aliphatic carbocycles. The summed E-state index contributed by atoms with van der Waals surface area (Å²) in [6.07, 6.45) is 6.80.